The van der Waals surface area contributed by atoms with Crippen LogP contribution in [0.4, 0.5) is 17.1 Å². The summed E-state index contributed by atoms with van der Waals surface area (Å²) in [6, 6.07) is 59.3. The molecule has 6 nitrogen and oxygen atoms in total. The zero-order valence-corrected chi connectivity index (χ0v) is 28.6. The van der Waals surface area contributed by atoms with Gasteiger partial charge in [-0.25, -0.2) is 9.67 Å². The van der Waals surface area contributed by atoms with Gasteiger partial charge in [0.2, 0.25) is 0 Å². The summed E-state index contributed by atoms with van der Waals surface area (Å²) in [5, 5.41) is 6.43. The van der Waals surface area contributed by atoms with Gasteiger partial charge in [-0.1, -0.05) is 85.4 Å². The standard InChI is InChI=1S/C47H31N5O/c1-31-37-15-5-9-19-41(37)50(42-20-10-6-16-38(31)42)35-29-25-33(26-30-35)47-48-46(49-52(47)36-13-3-2-4-14-36)32-23-27-34(28-24-32)51-43-21-11-7-17-39(43)45(53)40-18-8-12-22-44(40)51/h2-30H,1H2. The molecule has 2 aromatic heterocycles. The Labute approximate surface area is 305 Å². The third-order valence-electron chi connectivity index (χ3n) is 10.1. The van der Waals surface area contributed by atoms with E-state index >= 15 is 0 Å². The van der Waals surface area contributed by atoms with Crippen molar-refractivity contribution in [3.8, 4) is 34.2 Å². The minimum absolute atomic E-state index is 0.0387. The molecule has 0 fully saturated rings. The van der Waals surface area contributed by atoms with Gasteiger partial charge in [0.05, 0.1) is 28.1 Å². The Morgan fingerprint density at radius 2 is 0.981 bits per heavy atom. The highest BCUT2D eigenvalue weighted by Gasteiger charge is 2.26. The monoisotopic (exact) mass is 681 g/mol. The molecule has 9 aromatic rings. The molecule has 0 spiro atoms. The van der Waals surface area contributed by atoms with Crippen molar-refractivity contribution in [2.75, 3.05) is 4.90 Å². The van der Waals surface area contributed by atoms with Crippen LogP contribution in [0.1, 0.15) is 11.1 Å². The van der Waals surface area contributed by atoms with Gasteiger partial charge in [0, 0.05) is 44.4 Å². The van der Waals surface area contributed by atoms with Gasteiger partial charge >= 0.3 is 0 Å². The van der Waals surface area contributed by atoms with Gasteiger partial charge in [-0.15, -0.1) is 5.10 Å². The molecular formula is C47H31N5O. The van der Waals surface area contributed by atoms with Crippen LogP contribution in [0.25, 0.3) is 61.5 Å². The highest BCUT2D eigenvalue weighted by molar-refractivity contribution is 6.00. The lowest BCUT2D eigenvalue weighted by Crippen LogP contribution is -2.17. The fraction of sp³-hybridized carbons (Fsp3) is 0. The third kappa shape index (κ3) is 4.92. The van der Waals surface area contributed by atoms with Crippen LogP contribution < -0.4 is 10.3 Å². The summed E-state index contributed by atoms with van der Waals surface area (Å²) in [7, 11) is 0. The molecule has 53 heavy (non-hydrogen) atoms. The predicted molar refractivity (Wildman–Crippen MR) is 216 cm³/mol. The number of anilines is 3. The van der Waals surface area contributed by atoms with E-state index in [1.807, 2.05) is 95.7 Å². The first-order chi connectivity index (χ1) is 26.1. The minimum Gasteiger partial charge on any atom is -0.309 e. The summed E-state index contributed by atoms with van der Waals surface area (Å²) in [6.07, 6.45) is 0. The van der Waals surface area contributed by atoms with Crippen LogP contribution in [0, 0.1) is 0 Å². The number of benzene rings is 7. The van der Waals surface area contributed by atoms with Gasteiger partial charge in [0.1, 0.15) is 0 Å². The Morgan fingerprint density at radius 3 is 1.60 bits per heavy atom. The lowest BCUT2D eigenvalue weighted by molar-refractivity contribution is 0.890. The van der Waals surface area contributed by atoms with Gasteiger partial charge in [0.15, 0.2) is 17.1 Å². The number of nitrogens with zero attached hydrogens (tertiary/aromatic N) is 5. The third-order valence-corrected chi connectivity index (χ3v) is 10.1. The van der Waals surface area contributed by atoms with E-state index in [-0.39, 0.29) is 5.43 Å². The average molecular weight is 682 g/mol. The highest BCUT2D eigenvalue weighted by Crippen LogP contribution is 2.48. The first kappa shape index (κ1) is 30.5. The molecule has 0 bridgehead atoms. The highest BCUT2D eigenvalue weighted by atomic mass is 16.1. The first-order valence-corrected chi connectivity index (χ1v) is 17.6. The number of para-hydroxylation sites is 5. The van der Waals surface area contributed by atoms with E-state index < -0.39 is 0 Å². The molecule has 6 heteroatoms. The van der Waals surface area contributed by atoms with E-state index in [1.54, 1.807) is 0 Å². The quantitative estimate of drug-likeness (QED) is 0.170. The van der Waals surface area contributed by atoms with Crippen LogP contribution in [0.2, 0.25) is 0 Å². The Hall–Kier alpha value is -7.31. The number of fused-ring (bicyclic) bond motifs is 4. The Balaban J connectivity index is 1.06. The fourth-order valence-corrected chi connectivity index (χ4v) is 7.56. The normalized spacial score (nSPS) is 12.2. The number of hydrogen-bond acceptors (Lipinski definition) is 4. The fourth-order valence-electron chi connectivity index (χ4n) is 7.56. The van der Waals surface area contributed by atoms with Crippen LogP contribution in [0.5, 0.6) is 0 Å². The van der Waals surface area contributed by atoms with E-state index in [9.17, 15) is 4.79 Å². The van der Waals surface area contributed by atoms with Crippen molar-refractivity contribution in [1.29, 1.82) is 0 Å². The second-order valence-corrected chi connectivity index (χ2v) is 13.1. The zero-order valence-electron chi connectivity index (χ0n) is 28.6. The molecule has 0 amide bonds. The predicted octanol–water partition coefficient (Wildman–Crippen LogP) is 10.9. The van der Waals surface area contributed by atoms with Crippen LogP contribution in [-0.4, -0.2) is 19.3 Å². The lowest BCUT2D eigenvalue weighted by Gasteiger charge is -2.34. The molecule has 0 saturated heterocycles. The molecule has 0 atom stereocenters. The molecule has 0 radical (unpaired) electrons. The van der Waals surface area contributed by atoms with Crippen molar-refractivity contribution in [2.45, 2.75) is 0 Å². The van der Waals surface area contributed by atoms with Crippen molar-refractivity contribution < 1.29 is 0 Å². The van der Waals surface area contributed by atoms with Gasteiger partial charge in [-0.3, -0.25) is 4.79 Å². The summed E-state index contributed by atoms with van der Waals surface area (Å²) in [5.41, 5.74) is 12.0. The molecule has 3 heterocycles. The zero-order chi connectivity index (χ0) is 35.5. The van der Waals surface area contributed by atoms with Crippen molar-refractivity contribution in [3.63, 3.8) is 0 Å². The summed E-state index contributed by atoms with van der Waals surface area (Å²) in [6.45, 7) is 4.43. The van der Waals surface area contributed by atoms with Gasteiger partial charge < -0.3 is 9.47 Å². The molecule has 0 saturated carbocycles. The van der Waals surface area contributed by atoms with Crippen molar-refractivity contribution in [2.24, 2.45) is 0 Å². The number of hydrogen-bond donors (Lipinski definition) is 0. The van der Waals surface area contributed by atoms with E-state index in [0.717, 1.165) is 73.1 Å². The summed E-state index contributed by atoms with van der Waals surface area (Å²) < 4.78 is 4.06. The Kier molecular flexibility index (Phi) is 7.01. The molecule has 10 rings (SSSR count). The summed E-state index contributed by atoms with van der Waals surface area (Å²) in [5.74, 6) is 1.36. The van der Waals surface area contributed by atoms with E-state index in [4.69, 9.17) is 10.1 Å². The van der Waals surface area contributed by atoms with Crippen molar-refractivity contribution in [3.05, 3.63) is 204 Å². The maximum atomic E-state index is 13.4. The van der Waals surface area contributed by atoms with Gasteiger partial charge in [-0.2, -0.15) is 0 Å². The largest absolute Gasteiger partial charge is 0.309 e. The number of pyridine rings is 1. The van der Waals surface area contributed by atoms with E-state index in [2.05, 4.69) is 101 Å². The molecule has 7 aromatic carbocycles. The smallest absolute Gasteiger partial charge is 0.197 e. The molecule has 0 unspecified atom stereocenters. The number of rotatable bonds is 5. The van der Waals surface area contributed by atoms with Crippen molar-refractivity contribution in [1.82, 2.24) is 19.3 Å². The summed E-state index contributed by atoms with van der Waals surface area (Å²) >= 11 is 0. The first-order valence-electron chi connectivity index (χ1n) is 17.6. The number of aromatic nitrogens is 4. The van der Waals surface area contributed by atoms with Gasteiger partial charge in [-0.05, 0) is 103 Å². The van der Waals surface area contributed by atoms with Crippen LogP contribution in [0.3, 0.4) is 0 Å². The topological polar surface area (TPSA) is 56.0 Å². The maximum absolute atomic E-state index is 13.4. The molecule has 0 aliphatic carbocycles. The second kappa shape index (κ2) is 12.2. The second-order valence-electron chi connectivity index (χ2n) is 13.1. The van der Waals surface area contributed by atoms with Crippen LogP contribution in [0.15, 0.2) is 187 Å². The molecule has 0 N–H and O–H groups in total. The average Bonchev–Trinajstić information content (AvgIpc) is 3.68. The van der Waals surface area contributed by atoms with E-state index in [1.165, 1.54) is 0 Å². The Bertz CT molecular complexity index is 2810. The van der Waals surface area contributed by atoms with Crippen LogP contribution in [-0.2, 0) is 0 Å². The maximum Gasteiger partial charge on any atom is 0.197 e. The van der Waals surface area contributed by atoms with Crippen molar-refractivity contribution >= 4 is 44.4 Å². The Morgan fingerprint density at radius 1 is 0.472 bits per heavy atom. The molecule has 250 valence electrons. The molecular weight excluding hydrogens is 651 g/mol. The minimum atomic E-state index is 0.0387. The SMILES string of the molecule is C=C1c2ccccc2N(c2ccc(-c3nc(-c4ccc(-n5c6ccccc6c(=O)c6ccccc65)cc4)nn3-c3ccccc3)cc2)c2ccccc21. The van der Waals surface area contributed by atoms with E-state index in [0.29, 0.717) is 16.6 Å². The molecule has 1 aliphatic rings. The lowest BCUT2D eigenvalue weighted by atomic mass is 9.91. The van der Waals surface area contributed by atoms with Gasteiger partial charge in [0.25, 0.3) is 0 Å². The summed E-state index contributed by atoms with van der Waals surface area (Å²) in [4.78, 5) is 20.8. The molecule has 1 aliphatic heterocycles. The van der Waals surface area contributed by atoms with Crippen LogP contribution >= 0.6 is 0 Å².